The number of thiazole rings is 1. The Labute approximate surface area is 125 Å². The summed E-state index contributed by atoms with van der Waals surface area (Å²) in [6, 6.07) is 4.17. The number of aliphatic carboxylic acids is 1. The SMILES string of the molecule is COc1ccc(Nc2nc(C(N)C(=O)O)cs2)c(OC)c1. The van der Waals surface area contributed by atoms with Crippen molar-refractivity contribution < 1.29 is 19.4 Å². The van der Waals surface area contributed by atoms with Crippen LogP contribution in [0, 0.1) is 0 Å². The average Bonchev–Trinajstić information content (AvgIpc) is 2.95. The van der Waals surface area contributed by atoms with Gasteiger partial charge in [-0.25, -0.2) is 4.98 Å². The molecule has 0 amide bonds. The summed E-state index contributed by atoms with van der Waals surface area (Å²) in [5.41, 5.74) is 6.52. The third-order valence-corrected chi connectivity index (χ3v) is 3.53. The zero-order valence-electron chi connectivity index (χ0n) is 11.5. The molecule has 8 heteroatoms. The molecule has 0 bridgehead atoms. The molecular weight excluding hydrogens is 294 g/mol. The Balaban J connectivity index is 2.20. The second-order valence-electron chi connectivity index (χ2n) is 4.08. The lowest BCUT2D eigenvalue weighted by Crippen LogP contribution is -2.20. The first-order valence-corrected chi connectivity index (χ1v) is 6.86. The first kappa shape index (κ1) is 15.1. The zero-order valence-corrected chi connectivity index (χ0v) is 12.3. The van der Waals surface area contributed by atoms with Crippen LogP contribution in [0.25, 0.3) is 0 Å². The van der Waals surface area contributed by atoms with Gasteiger partial charge in [0, 0.05) is 11.4 Å². The van der Waals surface area contributed by atoms with Gasteiger partial charge in [0.1, 0.15) is 17.5 Å². The van der Waals surface area contributed by atoms with Gasteiger partial charge < -0.3 is 25.6 Å². The number of carboxylic acid groups (broad SMARTS) is 1. The van der Waals surface area contributed by atoms with Crippen LogP contribution >= 0.6 is 11.3 Å². The van der Waals surface area contributed by atoms with Gasteiger partial charge in [0.15, 0.2) is 5.13 Å². The fraction of sp³-hybridized carbons (Fsp3) is 0.231. The number of nitrogens with two attached hydrogens (primary N) is 1. The van der Waals surface area contributed by atoms with E-state index in [0.29, 0.717) is 28.0 Å². The summed E-state index contributed by atoms with van der Waals surface area (Å²) < 4.78 is 10.4. The van der Waals surface area contributed by atoms with E-state index >= 15 is 0 Å². The highest BCUT2D eigenvalue weighted by molar-refractivity contribution is 7.13. The van der Waals surface area contributed by atoms with Gasteiger partial charge in [-0.2, -0.15) is 0 Å². The van der Waals surface area contributed by atoms with Crippen LogP contribution in [0.2, 0.25) is 0 Å². The van der Waals surface area contributed by atoms with Crippen LogP contribution in [0.1, 0.15) is 11.7 Å². The highest BCUT2D eigenvalue weighted by atomic mass is 32.1. The summed E-state index contributed by atoms with van der Waals surface area (Å²) in [6.07, 6.45) is 0. The number of hydrogen-bond donors (Lipinski definition) is 3. The van der Waals surface area contributed by atoms with Crippen LogP contribution in [-0.2, 0) is 4.79 Å². The topological polar surface area (TPSA) is 107 Å². The molecule has 1 unspecified atom stereocenters. The molecule has 2 aromatic rings. The monoisotopic (exact) mass is 309 g/mol. The van der Waals surface area contributed by atoms with Gasteiger partial charge in [-0.15, -0.1) is 11.3 Å². The predicted octanol–water partition coefficient (Wildman–Crippen LogP) is 1.99. The molecule has 7 nitrogen and oxygen atoms in total. The van der Waals surface area contributed by atoms with Crippen molar-refractivity contribution in [3.63, 3.8) is 0 Å². The van der Waals surface area contributed by atoms with E-state index in [0.717, 1.165) is 0 Å². The first-order valence-electron chi connectivity index (χ1n) is 5.98. The maximum atomic E-state index is 10.8. The fourth-order valence-corrected chi connectivity index (χ4v) is 2.39. The fourth-order valence-electron chi connectivity index (χ4n) is 1.63. The quantitative estimate of drug-likeness (QED) is 0.749. The molecule has 0 fully saturated rings. The van der Waals surface area contributed by atoms with Crippen molar-refractivity contribution in [2.24, 2.45) is 5.73 Å². The summed E-state index contributed by atoms with van der Waals surface area (Å²) in [6.45, 7) is 0. The normalized spacial score (nSPS) is 11.8. The van der Waals surface area contributed by atoms with E-state index in [9.17, 15) is 4.79 Å². The molecule has 0 radical (unpaired) electrons. The van der Waals surface area contributed by atoms with Gasteiger partial charge in [-0.3, -0.25) is 4.79 Å². The summed E-state index contributed by atoms with van der Waals surface area (Å²) in [4.78, 5) is 15.0. The molecule has 1 heterocycles. The standard InChI is InChI=1S/C13H15N3O4S/c1-19-7-3-4-8(10(5-7)20-2)15-13-16-9(6-21-13)11(14)12(17)18/h3-6,11H,14H2,1-2H3,(H,15,16)(H,17,18). The van der Waals surface area contributed by atoms with E-state index < -0.39 is 12.0 Å². The van der Waals surface area contributed by atoms with Crippen LogP contribution in [0.5, 0.6) is 11.5 Å². The van der Waals surface area contributed by atoms with Gasteiger partial charge in [-0.05, 0) is 12.1 Å². The molecule has 0 aliphatic carbocycles. The summed E-state index contributed by atoms with van der Waals surface area (Å²) in [7, 11) is 3.12. The van der Waals surface area contributed by atoms with Gasteiger partial charge in [-0.1, -0.05) is 0 Å². The largest absolute Gasteiger partial charge is 0.497 e. The highest BCUT2D eigenvalue weighted by Crippen LogP contribution is 2.32. The Morgan fingerprint density at radius 1 is 1.43 bits per heavy atom. The van der Waals surface area contributed by atoms with Crippen molar-refractivity contribution in [2.45, 2.75) is 6.04 Å². The number of nitrogens with one attached hydrogen (secondary N) is 1. The molecule has 0 aliphatic heterocycles. The van der Waals surface area contributed by atoms with Crippen molar-refractivity contribution in [1.29, 1.82) is 0 Å². The van der Waals surface area contributed by atoms with E-state index in [-0.39, 0.29) is 0 Å². The third kappa shape index (κ3) is 3.41. The number of carboxylic acids is 1. The van der Waals surface area contributed by atoms with Crippen molar-refractivity contribution in [2.75, 3.05) is 19.5 Å². The molecule has 0 spiro atoms. The van der Waals surface area contributed by atoms with Gasteiger partial charge in [0.05, 0.1) is 25.6 Å². The molecule has 2 rings (SSSR count). The molecule has 1 atom stereocenters. The minimum Gasteiger partial charge on any atom is -0.497 e. The molecule has 0 aliphatic rings. The Kier molecular flexibility index (Phi) is 4.61. The van der Waals surface area contributed by atoms with E-state index in [1.165, 1.54) is 11.3 Å². The van der Waals surface area contributed by atoms with Crippen LogP contribution < -0.4 is 20.5 Å². The Morgan fingerprint density at radius 2 is 2.19 bits per heavy atom. The van der Waals surface area contributed by atoms with Crippen LogP contribution in [-0.4, -0.2) is 30.3 Å². The minimum absolute atomic E-state index is 0.308. The van der Waals surface area contributed by atoms with Crippen molar-refractivity contribution >= 4 is 28.1 Å². The van der Waals surface area contributed by atoms with E-state index in [4.69, 9.17) is 20.3 Å². The van der Waals surface area contributed by atoms with Gasteiger partial charge in [0.2, 0.25) is 0 Å². The number of anilines is 2. The molecular formula is C13H15N3O4S. The smallest absolute Gasteiger partial charge is 0.326 e. The average molecular weight is 309 g/mol. The van der Waals surface area contributed by atoms with Gasteiger partial charge in [0.25, 0.3) is 0 Å². The molecule has 0 saturated carbocycles. The number of carbonyl (C=O) groups is 1. The lowest BCUT2D eigenvalue weighted by atomic mass is 10.2. The summed E-state index contributed by atoms with van der Waals surface area (Å²) in [5, 5.41) is 14.1. The minimum atomic E-state index is -1.13. The number of methoxy groups -OCH3 is 2. The van der Waals surface area contributed by atoms with E-state index in [1.54, 1.807) is 37.8 Å². The number of aromatic nitrogens is 1. The summed E-state index contributed by atoms with van der Waals surface area (Å²) >= 11 is 1.27. The maximum absolute atomic E-state index is 10.8. The lowest BCUT2D eigenvalue weighted by Gasteiger charge is -2.10. The number of hydrogen-bond acceptors (Lipinski definition) is 7. The second kappa shape index (κ2) is 6.42. The number of ether oxygens (including phenoxy) is 2. The maximum Gasteiger partial charge on any atom is 0.326 e. The zero-order chi connectivity index (χ0) is 15.4. The lowest BCUT2D eigenvalue weighted by molar-refractivity contribution is -0.138. The van der Waals surface area contributed by atoms with E-state index in [1.807, 2.05) is 0 Å². The molecule has 21 heavy (non-hydrogen) atoms. The third-order valence-electron chi connectivity index (χ3n) is 2.76. The Hall–Kier alpha value is -2.32. The predicted molar refractivity (Wildman–Crippen MR) is 79.5 cm³/mol. The second-order valence-corrected chi connectivity index (χ2v) is 4.94. The van der Waals surface area contributed by atoms with Gasteiger partial charge >= 0.3 is 5.97 Å². The molecule has 0 saturated heterocycles. The first-order chi connectivity index (χ1) is 10.0. The van der Waals surface area contributed by atoms with Crippen molar-refractivity contribution in [3.8, 4) is 11.5 Å². The molecule has 4 N–H and O–H groups in total. The molecule has 1 aromatic carbocycles. The molecule has 112 valence electrons. The molecule has 1 aromatic heterocycles. The Bertz CT molecular complexity index is 644. The van der Waals surface area contributed by atoms with Crippen LogP contribution in [0.3, 0.4) is 0 Å². The Morgan fingerprint density at radius 3 is 2.81 bits per heavy atom. The van der Waals surface area contributed by atoms with Crippen LogP contribution in [0.4, 0.5) is 10.8 Å². The van der Waals surface area contributed by atoms with Crippen molar-refractivity contribution in [3.05, 3.63) is 29.3 Å². The van der Waals surface area contributed by atoms with Crippen molar-refractivity contribution in [1.82, 2.24) is 4.98 Å². The van der Waals surface area contributed by atoms with Crippen LogP contribution in [0.15, 0.2) is 23.6 Å². The highest BCUT2D eigenvalue weighted by Gasteiger charge is 2.18. The summed E-state index contributed by atoms with van der Waals surface area (Å²) in [5.74, 6) is 0.146. The number of nitrogens with zero attached hydrogens (tertiary/aromatic N) is 1. The van der Waals surface area contributed by atoms with E-state index in [2.05, 4.69) is 10.3 Å². The number of benzene rings is 1. The number of rotatable bonds is 6.